The van der Waals surface area contributed by atoms with Crippen LogP contribution in [-0.4, -0.2) is 22.7 Å². The first-order chi connectivity index (χ1) is 13.4. The average Bonchev–Trinajstić information content (AvgIpc) is 2.69. The minimum atomic E-state index is -0.130. The molecule has 0 saturated heterocycles. The standard InChI is InChI=1S/C23H25N3O2/c1-5-28-21-15-14-20(25-26-21)16-8-12-19(13-9-16)24-22(27)17-6-10-18(11-7-17)23(2,3)4/h6-15H,5H2,1-4H3,(H,24,27). The number of hydrogen-bond donors (Lipinski definition) is 1. The molecule has 2 aromatic carbocycles. The van der Waals surface area contributed by atoms with Crippen molar-refractivity contribution in [2.75, 3.05) is 11.9 Å². The van der Waals surface area contributed by atoms with Crippen LogP contribution >= 0.6 is 0 Å². The van der Waals surface area contributed by atoms with Crippen LogP contribution in [0.1, 0.15) is 43.6 Å². The molecule has 1 heterocycles. The molecule has 0 unspecified atom stereocenters. The smallest absolute Gasteiger partial charge is 0.255 e. The Balaban J connectivity index is 1.67. The van der Waals surface area contributed by atoms with Crippen molar-refractivity contribution in [1.82, 2.24) is 10.2 Å². The summed E-state index contributed by atoms with van der Waals surface area (Å²) in [7, 11) is 0. The van der Waals surface area contributed by atoms with Crippen LogP contribution in [0.3, 0.4) is 0 Å². The summed E-state index contributed by atoms with van der Waals surface area (Å²) >= 11 is 0. The summed E-state index contributed by atoms with van der Waals surface area (Å²) in [5, 5.41) is 11.1. The van der Waals surface area contributed by atoms with Crippen LogP contribution in [-0.2, 0) is 5.41 Å². The summed E-state index contributed by atoms with van der Waals surface area (Å²) in [6, 6.07) is 18.9. The third kappa shape index (κ3) is 4.74. The van der Waals surface area contributed by atoms with Gasteiger partial charge in [0.15, 0.2) is 0 Å². The second kappa shape index (κ2) is 8.21. The fourth-order valence-corrected chi connectivity index (χ4v) is 2.75. The maximum atomic E-state index is 12.5. The van der Waals surface area contributed by atoms with E-state index in [0.717, 1.165) is 16.9 Å². The van der Waals surface area contributed by atoms with E-state index in [9.17, 15) is 4.79 Å². The molecule has 144 valence electrons. The lowest BCUT2D eigenvalue weighted by Crippen LogP contribution is -2.14. The van der Waals surface area contributed by atoms with Gasteiger partial charge < -0.3 is 10.1 Å². The predicted molar refractivity (Wildman–Crippen MR) is 112 cm³/mol. The molecule has 0 bridgehead atoms. The van der Waals surface area contributed by atoms with Gasteiger partial charge in [-0.05, 0) is 48.2 Å². The first-order valence-corrected chi connectivity index (χ1v) is 9.35. The third-order valence-corrected chi connectivity index (χ3v) is 4.38. The Kier molecular flexibility index (Phi) is 5.73. The molecule has 1 aromatic heterocycles. The zero-order valence-electron chi connectivity index (χ0n) is 16.7. The Labute approximate surface area is 165 Å². The number of anilines is 1. The Morgan fingerprint density at radius 1 is 0.929 bits per heavy atom. The second-order valence-corrected chi connectivity index (χ2v) is 7.55. The van der Waals surface area contributed by atoms with Gasteiger partial charge in [-0.1, -0.05) is 45.0 Å². The van der Waals surface area contributed by atoms with E-state index in [2.05, 4.69) is 36.3 Å². The molecule has 0 atom stereocenters. The van der Waals surface area contributed by atoms with Crippen LogP contribution in [0.25, 0.3) is 11.3 Å². The van der Waals surface area contributed by atoms with Crippen LogP contribution in [0.4, 0.5) is 5.69 Å². The molecule has 0 saturated carbocycles. The average molecular weight is 375 g/mol. The van der Waals surface area contributed by atoms with E-state index in [4.69, 9.17) is 4.74 Å². The van der Waals surface area contributed by atoms with Gasteiger partial charge in [0, 0.05) is 22.9 Å². The molecule has 1 amide bonds. The number of nitrogens with one attached hydrogen (secondary N) is 1. The first-order valence-electron chi connectivity index (χ1n) is 9.35. The number of rotatable bonds is 5. The van der Waals surface area contributed by atoms with E-state index in [1.54, 1.807) is 6.07 Å². The summed E-state index contributed by atoms with van der Waals surface area (Å²) < 4.78 is 5.31. The van der Waals surface area contributed by atoms with Crippen molar-refractivity contribution in [2.45, 2.75) is 33.1 Å². The minimum Gasteiger partial charge on any atom is -0.477 e. The normalized spacial score (nSPS) is 11.1. The van der Waals surface area contributed by atoms with Gasteiger partial charge >= 0.3 is 0 Å². The summed E-state index contributed by atoms with van der Waals surface area (Å²) in [6.07, 6.45) is 0. The molecule has 1 N–H and O–H groups in total. The molecule has 0 spiro atoms. The van der Waals surface area contributed by atoms with Crippen LogP contribution in [0.15, 0.2) is 60.7 Å². The van der Waals surface area contributed by atoms with Crippen LogP contribution in [0, 0.1) is 0 Å². The molecular weight excluding hydrogens is 350 g/mol. The van der Waals surface area contributed by atoms with E-state index in [1.807, 2.05) is 61.5 Å². The molecule has 0 radical (unpaired) electrons. The molecule has 3 aromatic rings. The van der Waals surface area contributed by atoms with Crippen molar-refractivity contribution in [3.8, 4) is 17.1 Å². The van der Waals surface area contributed by atoms with Crippen molar-refractivity contribution in [3.63, 3.8) is 0 Å². The number of benzene rings is 2. The summed E-state index contributed by atoms with van der Waals surface area (Å²) in [5.74, 6) is 0.377. The second-order valence-electron chi connectivity index (χ2n) is 7.55. The number of carbonyl (C=O) groups excluding carboxylic acids is 1. The number of nitrogens with zero attached hydrogens (tertiary/aromatic N) is 2. The minimum absolute atomic E-state index is 0.0641. The van der Waals surface area contributed by atoms with Crippen molar-refractivity contribution in [3.05, 3.63) is 71.8 Å². The quantitative estimate of drug-likeness (QED) is 0.674. The van der Waals surface area contributed by atoms with Gasteiger partial charge in [-0.15, -0.1) is 10.2 Å². The summed E-state index contributed by atoms with van der Waals surface area (Å²) in [4.78, 5) is 12.5. The molecule has 3 rings (SSSR count). The highest BCUT2D eigenvalue weighted by Crippen LogP contribution is 2.23. The van der Waals surface area contributed by atoms with Crippen molar-refractivity contribution in [2.24, 2.45) is 0 Å². The van der Waals surface area contributed by atoms with E-state index in [-0.39, 0.29) is 11.3 Å². The number of hydrogen-bond acceptors (Lipinski definition) is 4. The maximum absolute atomic E-state index is 12.5. The topological polar surface area (TPSA) is 64.1 Å². The molecule has 0 aliphatic carbocycles. The highest BCUT2D eigenvalue weighted by atomic mass is 16.5. The van der Waals surface area contributed by atoms with E-state index < -0.39 is 0 Å². The van der Waals surface area contributed by atoms with E-state index in [0.29, 0.717) is 18.1 Å². The van der Waals surface area contributed by atoms with Gasteiger partial charge in [-0.25, -0.2) is 0 Å². The van der Waals surface area contributed by atoms with Gasteiger partial charge in [0.05, 0.1) is 12.3 Å². The monoisotopic (exact) mass is 375 g/mol. The van der Waals surface area contributed by atoms with Crippen LogP contribution in [0.2, 0.25) is 0 Å². The Hall–Kier alpha value is -3.21. The highest BCUT2D eigenvalue weighted by molar-refractivity contribution is 6.04. The fraction of sp³-hybridized carbons (Fsp3) is 0.261. The van der Waals surface area contributed by atoms with Crippen molar-refractivity contribution in [1.29, 1.82) is 0 Å². The van der Waals surface area contributed by atoms with Crippen LogP contribution < -0.4 is 10.1 Å². The van der Waals surface area contributed by atoms with Gasteiger partial charge in [0.2, 0.25) is 5.88 Å². The van der Waals surface area contributed by atoms with Gasteiger partial charge in [-0.3, -0.25) is 4.79 Å². The number of carbonyl (C=O) groups is 1. The largest absolute Gasteiger partial charge is 0.477 e. The van der Waals surface area contributed by atoms with Gasteiger partial charge in [-0.2, -0.15) is 0 Å². The predicted octanol–water partition coefficient (Wildman–Crippen LogP) is 5.09. The van der Waals surface area contributed by atoms with Crippen molar-refractivity contribution < 1.29 is 9.53 Å². The SMILES string of the molecule is CCOc1ccc(-c2ccc(NC(=O)c3ccc(C(C)(C)C)cc3)cc2)nn1. The third-order valence-electron chi connectivity index (χ3n) is 4.38. The molecule has 0 aliphatic heterocycles. The van der Waals surface area contributed by atoms with E-state index in [1.165, 1.54) is 5.56 Å². The molecule has 0 aliphatic rings. The van der Waals surface area contributed by atoms with E-state index >= 15 is 0 Å². The Bertz CT molecular complexity index is 926. The molecule has 0 fully saturated rings. The lowest BCUT2D eigenvalue weighted by molar-refractivity contribution is 0.102. The van der Waals surface area contributed by atoms with Gasteiger partial charge in [0.1, 0.15) is 0 Å². The van der Waals surface area contributed by atoms with Crippen LogP contribution in [0.5, 0.6) is 5.88 Å². The summed E-state index contributed by atoms with van der Waals surface area (Å²) in [6.45, 7) is 8.91. The van der Waals surface area contributed by atoms with Crippen molar-refractivity contribution >= 4 is 11.6 Å². The Morgan fingerprint density at radius 3 is 2.14 bits per heavy atom. The molecular formula is C23H25N3O2. The number of aromatic nitrogens is 2. The maximum Gasteiger partial charge on any atom is 0.255 e. The molecule has 5 nitrogen and oxygen atoms in total. The number of amides is 1. The molecule has 5 heteroatoms. The lowest BCUT2D eigenvalue weighted by Gasteiger charge is -2.19. The molecule has 28 heavy (non-hydrogen) atoms. The zero-order chi connectivity index (χ0) is 20.1. The first kappa shape index (κ1) is 19.5. The summed E-state index contributed by atoms with van der Waals surface area (Å²) in [5.41, 5.74) is 4.29. The Morgan fingerprint density at radius 2 is 1.61 bits per heavy atom. The zero-order valence-corrected chi connectivity index (χ0v) is 16.7. The lowest BCUT2D eigenvalue weighted by atomic mass is 9.87. The van der Waals surface area contributed by atoms with Gasteiger partial charge in [0.25, 0.3) is 5.91 Å². The highest BCUT2D eigenvalue weighted by Gasteiger charge is 2.14. The fourth-order valence-electron chi connectivity index (χ4n) is 2.75. The number of ether oxygens (including phenoxy) is 1.